The molecule has 0 aromatic carbocycles. The number of nitrogens with two attached hydrogens (primary N) is 1. The summed E-state index contributed by atoms with van der Waals surface area (Å²) in [6, 6.07) is 0. The zero-order valence-electron chi connectivity index (χ0n) is 46.5. The van der Waals surface area contributed by atoms with Gasteiger partial charge in [0.25, 0.3) is 0 Å². The van der Waals surface area contributed by atoms with Crippen molar-refractivity contribution in [1.29, 1.82) is 0 Å². The van der Waals surface area contributed by atoms with Gasteiger partial charge in [-0.05, 0) is 51.4 Å². The number of carbonyl (C=O) groups excluding carboxylic acids is 2. The van der Waals surface area contributed by atoms with Crippen LogP contribution in [-0.2, 0) is 32.7 Å². The van der Waals surface area contributed by atoms with E-state index in [1.165, 1.54) is 193 Å². The molecule has 3 N–H and O–H groups in total. The molecule has 0 aliphatic rings. The van der Waals surface area contributed by atoms with Gasteiger partial charge in [-0.3, -0.25) is 18.6 Å². The van der Waals surface area contributed by atoms with E-state index in [1.54, 1.807) is 0 Å². The lowest BCUT2D eigenvalue weighted by atomic mass is 10.0. The topological polar surface area (TPSA) is 134 Å². The molecule has 0 saturated carbocycles. The van der Waals surface area contributed by atoms with E-state index in [0.717, 1.165) is 70.6 Å². The first-order chi connectivity index (χ1) is 34.8. The van der Waals surface area contributed by atoms with Gasteiger partial charge in [-0.15, -0.1) is 0 Å². The molecule has 0 spiro atoms. The Kier molecular flexibility index (Phi) is 55.6. The van der Waals surface area contributed by atoms with E-state index in [0.29, 0.717) is 6.42 Å². The average molecular weight is 1020 g/mol. The predicted octanol–water partition coefficient (Wildman–Crippen LogP) is 19.0. The van der Waals surface area contributed by atoms with Crippen molar-refractivity contribution in [1.82, 2.24) is 0 Å². The molecule has 0 bridgehead atoms. The van der Waals surface area contributed by atoms with Crippen molar-refractivity contribution in [2.45, 2.75) is 302 Å². The number of ether oxygens (including phenoxy) is 2. The number of phosphoric ester groups is 1. The fourth-order valence-electron chi connectivity index (χ4n) is 8.81. The number of rotatable bonds is 57. The van der Waals surface area contributed by atoms with Crippen LogP contribution in [0, 0.1) is 0 Å². The third-order valence-corrected chi connectivity index (χ3v) is 14.2. The van der Waals surface area contributed by atoms with Crippen molar-refractivity contribution in [3.8, 4) is 0 Å². The van der Waals surface area contributed by atoms with Crippen molar-refractivity contribution >= 4 is 19.8 Å². The normalized spacial score (nSPS) is 13.4. The standard InChI is InChI=1S/C61H114NO8P/c1-3-5-7-9-11-13-15-17-19-21-23-25-27-28-29-30-32-33-35-37-39-41-43-45-47-49-51-53-60(63)67-57-59(58-69-71(65,66)68-56-55-62)70-61(64)54-52-50-48-46-44-42-40-38-36-34-31-26-24-22-20-18-16-14-12-10-8-6-4-2/h6,8,12,14,18,20,24,26,59H,3-5,7,9-11,13,15-17,19,21-23,25,27-58,62H2,1-2H3,(H,65,66)/b8-6-,14-12-,20-18-,26-24-. The van der Waals surface area contributed by atoms with Crippen LogP contribution in [0.25, 0.3) is 0 Å². The van der Waals surface area contributed by atoms with Crippen LogP contribution >= 0.6 is 7.82 Å². The summed E-state index contributed by atoms with van der Waals surface area (Å²) in [5, 5.41) is 0. The Morgan fingerprint density at radius 3 is 1.15 bits per heavy atom. The van der Waals surface area contributed by atoms with E-state index in [1.807, 2.05) is 0 Å². The number of carbonyl (C=O) groups is 2. The summed E-state index contributed by atoms with van der Waals surface area (Å²) in [5.74, 6) is -0.819. The molecule has 0 saturated heterocycles. The highest BCUT2D eigenvalue weighted by atomic mass is 31.2. The molecule has 0 aliphatic carbocycles. The summed E-state index contributed by atoms with van der Waals surface area (Å²) in [6.45, 7) is 3.68. The van der Waals surface area contributed by atoms with Gasteiger partial charge in [0.05, 0.1) is 13.2 Å². The Balaban J connectivity index is 3.92. The number of hydrogen-bond donors (Lipinski definition) is 2. The lowest BCUT2D eigenvalue weighted by Crippen LogP contribution is -2.29. The molecule has 0 heterocycles. The Bertz CT molecular complexity index is 1300. The first kappa shape index (κ1) is 69.0. The maximum Gasteiger partial charge on any atom is 0.472 e. The molecule has 0 aromatic heterocycles. The number of hydrogen-bond acceptors (Lipinski definition) is 8. The average Bonchev–Trinajstić information content (AvgIpc) is 3.36. The number of esters is 2. The maximum atomic E-state index is 12.7. The van der Waals surface area contributed by atoms with Crippen LogP contribution in [-0.4, -0.2) is 49.3 Å². The van der Waals surface area contributed by atoms with Gasteiger partial charge >= 0.3 is 19.8 Å². The second-order valence-electron chi connectivity index (χ2n) is 20.2. The van der Waals surface area contributed by atoms with Gasteiger partial charge in [0.1, 0.15) is 6.61 Å². The third kappa shape index (κ3) is 57.1. The third-order valence-electron chi connectivity index (χ3n) is 13.2. The van der Waals surface area contributed by atoms with Gasteiger partial charge in [-0.25, -0.2) is 4.57 Å². The van der Waals surface area contributed by atoms with Gasteiger partial charge in [-0.1, -0.05) is 281 Å². The molecular formula is C61H114NO8P. The molecule has 0 radical (unpaired) electrons. The quantitative estimate of drug-likeness (QED) is 0.0264. The van der Waals surface area contributed by atoms with Crippen LogP contribution in [0.2, 0.25) is 0 Å². The van der Waals surface area contributed by atoms with Crippen LogP contribution in [0.3, 0.4) is 0 Å². The van der Waals surface area contributed by atoms with Crippen LogP contribution in [0.15, 0.2) is 48.6 Å². The monoisotopic (exact) mass is 1020 g/mol. The fourth-order valence-corrected chi connectivity index (χ4v) is 9.57. The van der Waals surface area contributed by atoms with E-state index in [4.69, 9.17) is 24.3 Å². The molecule has 2 atom stereocenters. The summed E-state index contributed by atoms with van der Waals surface area (Å²) >= 11 is 0. The summed E-state index contributed by atoms with van der Waals surface area (Å²) in [7, 11) is -4.39. The molecule has 0 fully saturated rings. The van der Waals surface area contributed by atoms with Crippen molar-refractivity contribution in [3.05, 3.63) is 48.6 Å². The van der Waals surface area contributed by atoms with E-state index < -0.39 is 26.5 Å². The van der Waals surface area contributed by atoms with Crippen LogP contribution < -0.4 is 5.73 Å². The Labute approximate surface area is 438 Å². The van der Waals surface area contributed by atoms with Crippen molar-refractivity contribution < 1.29 is 37.6 Å². The molecule has 0 aromatic rings. The van der Waals surface area contributed by atoms with Crippen molar-refractivity contribution in [3.63, 3.8) is 0 Å². The molecule has 10 heteroatoms. The largest absolute Gasteiger partial charge is 0.472 e. The minimum Gasteiger partial charge on any atom is -0.462 e. The molecule has 9 nitrogen and oxygen atoms in total. The fraction of sp³-hybridized carbons (Fsp3) is 0.836. The zero-order chi connectivity index (χ0) is 51.7. The van der Waals surface area contributed by atoms with Gasteiger partial charge in [0.15, 0.2) is 6.10 Å². The Morgan fingerprint density at radius 2 is 0.775 bits per heavy atom. The van der Waals surface area contributed by atoms with Crippen LogP contribution in [0.1, 0.15) is 296 Å². The molecule has 416 valence electrons. The summed E-state index contributed by atoms with van der Waals surface area (Å²) < 4.78 is 33.1. The Morgan fingerprint density at radius 1 is 0.437 bits per heavy atom. The lowest BCUT2D eigenvalue weighted by molar-refractivity contribution is -0.161. The molecule has 0 amide bonds. The number of unbranched alkanes of at least 4 members (excludes halogenated alkanes) is 36. The molecule has 0 rings (SSSR count). The van der Waals surface area contributed by atoms with E-state index in [2.05, 4.69) is 62.5 Å². The molecular weight excluding hydrogens is 906 g/mol. The highest BCUT2D eigenvalue weighted by molar-refractivity contribution is 7.47. The SMILES string of the molecule is CC/C=C\C/C=C\C/C=C\C/C=C\CCCCCCCCCCCCC(=O)OC(COC(=O)CCCCCCCCCCCCCCCCCCCCCCCCCCCCC)COP(=O)(O)OCCN. The summed E-state index contributed by atoms with van der Waals surface area (Å²) in [6.07, 6.45) is 70.3. The minimum atomic E-state index is -4.39. The van der Waals surface area contributed by atoms with Gasteiger partial charge in [0, 0.05) is 19.4 Å². The second kappa shape index (κ2) is 57.3. The summed E-state index contributed by atoms with van der Waals surface area (Å²) in [4.78, 5) is 35.2. The number of allylic oxidation sites excluding steroid dienone is 8. The predicted molar refractivity (Wildman–Crippen MR) is 303 cm³/mol. The van der Waals surface area contributed by atoms with Gasteiger partial charge in [0.2, 0.25) is 0 Å². The zero-order valence-corrected chi connectivity index (χ0v) is 47.4. The van der Waals surface area contributed by atoms with Gasteiger partial charge in [-0.2, -0.15) is 0 Å². The van der Waals surface area contributed by atoms with Crippen LogP contribution in [0.4, 0.5) is 0 Å². The minimum absolute atomic E-state index is 0.0529. The number of phosphoric acid groups is 1. The van der Waals surface area contributed by atoms with E-state index in [9.17, 15) is 19.0 Å². The highest BCUT2D eigenvalue weighted by Gasteiger charge is 2.26. The first-order valence-electron chi connectivity index (χ1n) is 30.1. The van der Waals surface area contributed by atoms with Gasteiger partial charge < -0.3 is 20.1 Å². The molecule has 0 aliphatic heterocycles. The van der Waals surface area contributed by atoms with E-state index in [-0.39, 0.29) is 38.6 Å². The first-order valence-corrected chi connectivity index (χ1v) is 31.6. The van der Waals surface area contributed by atoms with Crippen molar-refractivity contribution in [2.75, 3.05) is 26.4 Å². The lowest BCUT2D eigenvalue weighted by Gasteiger charge is -2.19. The molecule has 71 heavy (non-hydrogen) atoms. The van der Waals surface area contributed by atoms with Crippen molar-refractivity contribution in [2.24, 2.45) is 5.73 Å². The highest BCUT2D eigenvalue weighted by Crippen LogP contribution is 2.43. The second-order valence-corrected chi connectivity index (χ2v) is 21.7. The molecule has 2 unspecified atom stereocenters. The maximum absolute atomic E-state index is 12.7. The van der Waals surface area contributed by atoms with E-state index >= 15 is 0 Å². The smallest absolute Gasteiger partial charge is 0.462 e. The van der Waals surface area contributed by atoms with Crippen LogP contribution in [0.5, 0.6) is 0 Å². The Hall–Kier alpha value is -2.03. The summed E-state index contributed by atoms with van der Waals surface area (Å²) in [5.41, 5.74) is 5.39.